The number of aliphatic imine (C=N–C) groups is 1. The van der Waals surface area contributed by atoms with Crippen molar-refractivity contribution in [2.24, 2.45) is 26.1 Å². The van der Waals surface area contributed by atoms with Crippen molar-refractivity contribution in [3.8, 4) is 33.8 Å². The minimum absolute atomic E-state index is 0.157. The van der Waals surface area contributed by atoms with Crippen molar-refractivity contribution in [1.82, 2.24) is 28.7 Å². The molecule has 6 aromatic heterocycles. The number of carbonyl (C=O) groups excluding carboxylic acids is 1. The second kappa shape index (κ2) is 42.6. The minimum Gasteiger partial charge on any atom is -0.460 e. The number of para-hydroxylation sites is 6. The van der Waals surface area contributed by atoms with Crippen LogP contribution in [0, 0.1) is 0 Å². The van der Waals surface area contributed by atoms with Crippen molar-refractivity contribution < 1.29 is 18.0 Å². The maximum atomic E-state index is 10.9. The Hall–Kier alpha value is -10.6. The van der Waals surface area contributed by atoms with Gasteiger partial charge < -0.3 is 38.0 Å². The molecule has 1 unspecified atom stereocenters. The van der Waals surface area contributed by atoms with Gasteiger partial charge in [-0.3, -0.25) is 9.79 Å². The predicted molar refractivity (Wildman–Crippen MR) is 535 cm³/mol. The number of nitrogens with two attached hydrogens (primary N) is 1. The van der Waals surface area contributed by atoms with Gasteiger partial charge in [0.05, 0.1) is 45.7 Å². The number of anilines is 2. The molecule has 0 aliphatic carbocycles. The van der Waals surface area contributed by atoms with Gasteiger partial charge in [0.2, 0.25) is 0 Å². The Morgan fingerprint density at radius 3 is 1.03 bits per heavy atom. The van der Waals surface area contributed by atoms with Crippen molar-refractivity contribution in [1.29, 1.82) is 0 Å². The molecule has 0 saturated heterocycles. The van der Waals surface area contributed by atoms with E-state index in [4.69, 9.17) is 33.9 Å². The van der Waals surface area contributed by atoms with Crippen molar-refractivity contribution >= 4 is 78.4 Å². The highest BCUT2D eigenvalue weighted by atomic mass is 79.9. The van der Waals surface area contributed by atoms with Gasteiger partial charge in [-0.25, -0.2) is 15.0 Å². The number of nitrogen functional groups attached to an aromatic ring is 1. The molecule has 0 saturated carbocycles. The van der Waals surface area contributed by atoms with E-state index in [1.54, 1.807) is 4.57 Å². The van der Waals surface area contributed by atoms with Crippen LogP contribution in [-0.4, -0.2) is 41.2 Å². The number of nitrogens with zero attached hydrogens (tertiary/aromatic N) is 7. The molecule has 3 N–H and O–H groups in total. The second-order valence-electron chi connectivity index (χ2n) is 37.4. The van der Waals surface area contributed by atoms with E-state index < -0.39 is 0 Å². The van der Waals surface area contributed by atoms with Crippen molar-refractivity contribution in [3.63, 3.8) is 0 Å². The third-order valence-corrected chi connectivity index (χ3v) is 25.0. The standard InChI is InChI=1S/C42H55N3O.C27H31N3O.C15H23Br.C15H14N2O2.C12H19N/c1-13-36-39(32-17-14-15-20-37(32)46-36)35-23-45(12)42(43-35)41(44-40-30(25(4)5)18-16-19-31(40)26(6)7)38-33(27(8)9)21-29(24(2)3)22-34(38)28(10)11;1-7-23-26(21-11-8-9-14-24(21)31-23)22-16-30(6)25(29-22)15-28-27-19(17(2)3)12-10-13-20(27)18(4)5;1-9(2)12-7-13(10(3)4)15(16)14(8-12)11(5)6;1-3-12-15(10-6-4-5-7-13(10)19-12)11-8-17(2)14(9-18)16-11;1-8(2)10-6-5-7-11(9(3)4)12(10)13/h14-28,41,44H,13H2,1-12H3;8-18H,7H2,1-6H3;7-11H,1-6H3;4-9H,3H2,1-2H3;5-9H,13H2,1-4H3. The van der Waals surface area contributed by atoms with Crippen LogP contribution in [0.15, 0.2) is 193 Å². The van der Waals surface area contributed by atoms with Crippen LogP contribution in [0.3, 0.4) is 0 Å². The lowest BCUT2D eigenvalue weighted by Gasteiger charge is -2.32. The molecular weight excluding hydrogens is 1600 g/mol. The van der Waals surface area contributed by atoms with E-state index in [0.29, 0.717) is 76.8 Å². The fourth-order valence-electron chi connectivity index (χ4n) is 16.9. The number of imidazole rings is 3. The Bertz CT molecular complexity index is 5870. The van der Waals surface area contributed by atoms with E-state index in [0.717, 1.165) is 133 Å². The molecule has 0 amide bonds. The summed E-state index contributed by atoms with van der Waals surface area (Å²) < 4.78 is 25.6. The lowest BCUT2D eigenvalue weighted by Crippen LogP contribution is -2.23. The smallest absolute Gasteiger partial charge is 0.185 e. The van der Waals surface area contributed by atoms with Crippen molar-refractivity contribution in [2.75, 3.05) is 11.1 Å². The van der Waals surface area contributed by atoms with Crippen LogP contribution in [0.25, 0.3) is 66.7 Å². The molecule has 125 heavy (non-hydrogen) atoms. The summed E-state index contributed by atoms with van der Waals surface area (Å²) in [5.74, 6) is 10.6. The zero-order valence-electron chi connectivity index (χ0n) is 80.7. The number of aldehydes is 1. The van der Waals surface area contributed by atoms with Crippen LogP contribution in [0.1, 0.15) is 376 Å². The average molecular weight is 1750 g/mol. The first-order chi connectivity index (χ1) is 59.4. The van der Waals surface area contributed by atoms with Gasteiger partial charge in [0.15, 0.2) is 17.9 Å². The quantitative estimate of drug-likeness (QED) is 0.0322. The Morgan fingerprint density at radius 2 is 0.696 bits per heavy atom. The maximum Gasteiger partial charge on any atom is 0.185 e. The van der Waals surface area contributed by atoms with Gasteiger partial charge >= 0.3 is 0 Å². The fraction of sp³-hybridized carbons (Fsp3) is 0.414. The molecule has 6 heterocycles. The highest BCUT2D eigenvalue weighted by molar-refractivity contribution is 9.10. The van der Waals surface area contributed by atoms with Crippen molar-refractivity contribution in [2.45, 2.75) is 283 Å². The summed E-state index contributed by atoms with van der Waals surface area (Å²) in [6.45, 7) is 60.6. The van der Waals surface area contributed by atoms with Gasteiger partial charge in [0, 0.05) is 91.0 Å². The van der Waals surface area contributed by atoms with E-state index in [9.17, 15) is 4.79 Å². The summed E-state index contributed by atoms with van der Waals surface area (Å²) in [6, 6.07) is 53.5. The molecule has 14 heteroatoms. The lowest BCUT2D eigenvalue weighted by atomic mass is 9.81. The highest BCUT2D eigenvalue weighted by Gasteiger charge is 2.32. The number of nitrogens with one attached hydrogen (secondary N) is 1. The molecule has 0 radical (unpaired) electrons. The Balaban J connectivity index is 0.000000177. The number of benzene rings is 8. The molecule has 0 aliphatic heterocycles. The molecule has 8 aromatic carbocycles. The number of hydrogen-bond donors (Lipinski definition) is 2. The van der Waals surface area contributed by atoms with Crippen LogP contribution in [-0.2, 0) is 40.4 Å². The zero-order chi connectivity index (χ0) is 91.4. The first-order valence-electron chi connectivity index (χ1n) is 45.9. The fourth-order valence-corrected chi connectivity index (χ4v) is 18.1. The number of aromatic nitrogens is 6. The first-order valence-corrected chi connectivity index (χ1v) is 46.7. The van der Waals surface area contributed by atoms with Crippen LogP contribution in [0.4, 0.5) is 17.1 Å². The largest absolute Gasteiger partial charge is 0.460 e. The SMILES string of the molecule is CC(C)c1cc(C(C)C)c(Br)c(C(C)C)c1.CC(C)c1cccc(C(C)C)c1N.CCc1oc2ccccc2c1-c1cn(C)c(C(Nc2c(C(C)C)cccc2C(C)C)c2c(C(C)C)cc(C(C)C)cc2C(C)C)n1.CCc1oc2ccccc2c1-c1cn(C)c(C=Nc2c(C(C)C)cccc2C(C)C)n1.CCc1oc2ccccc2c1-c1cn(C)c(C=O)n1. The summed E-state index contributed by atoms with van der Waals surface area (Å²) >= 11 is 3.77. The summed E-state index contributed by atoms with van der Waals surface area (Å²) in [4.78, 5) is 30.7. The van der Waals surface area contributed by atoms with E-state index in [1.165, 1.54) is 82.5 Å². The molecule has 0 bridgehead atoms. The summed E-state index contributed by atoms with van der Waals surface area (Å²) in [5, 5.41) is 7.47. The number of carbonyl (C=O) groups is 1. The Morgan fingerprint density at radius 1 is 0.384 bits per heavy atom. The van der Waals surface area contributed by atoms with Crippen LogP contribution < -0.4 is 11.1 Å². The average Bonchev–Trinajstić information content (AvgIpc) is 1.76. The molecule has 13 nitrogen and oxygen atoms in total. The van der Waals surface area contributed by atoms with Crippen LogP contribution >= 0.6 is 15.9 Å². The maximum absolute atomic E-state index is 10.9. The number of halogens is 1. The van der Waals surface area contributed by atoms with Gasteiger partial charge in [0.25, 0.3) is 0 Å². The topological polar surface area (TPSA) is 160 Å². The number of rotatable bonds is 25. The van der Waals surface area contributed by atoms with Gasteiger partial charge in [-0.2, -0.15) is 0 Å². The molecule has 0 spiro atoms. The monoisotopic (exact) mass is 1740 g/mol. The minimum atomic E-state index is -0.157. The van der Waals surface area contributed by atoms with Gasteiger partial charge in [-0.05, 0) is 162 Å². The Labute approximate surface area is 756 Å². The molecule has 1 atom stereocenters. The second-order valence-corrected chi connectivity index (χ2v) is 38.2. The predicted octanol–water partition coefficient (Wildman–Crippen LogP) is 32.2. The van der Waals surface area contributed by atoms with Gasteiger partial charge in [-0.1, -0.05) is 336 Å². The molecule has 14 rings (SSSR count). The molecule has 662 valence electrons. The Kier molecular flexibility index (Phi) is 32.9. The number of aryl methyl sites for hydroxylation is 6. The summed E-state index contributed by atoms with van der Waals surface area (Å²) in [5.41, 5.74) is 35.5. The summed E-state index contributed by atoms with van der Waals surface area (Å²) in [6.07, 6.45) is 11.2. The van der Waals surface area contributed by atoms with Crippen molar-refractivity contribution in [3.05, 3.63) is 282 Å². The van der Waals surface area contributed by atoms with E-state index in [-0.39, 0.29) is 6.04 Å². The molecule has 0 aliphatic rings. The number of fused-ring (bicyclic) bond motifs is 3. The highest BCUT2D eigenvalue weighted by Crippen LogP contribution is 2.46. The van der Waals surface area contributed by atoms with Crippen LogP contribution in [0.5, 0.6) is 0 Å². The van der Waals surface area contributed by atoms with Gasteiger partial charge in [-0.15, -0.1) is 0 Å². The van der Waals surface area contributed by atoms with E-state index >= 15 is 0 Å². The molecule has 0 fully saturated rings. The third-order valence-electron chi connectivity index (χ3n) is 24.1. The van der Waals surface area contributed by atoms with Gasteiger partial charge in [0.1, 0.15) is 45.9 Å². The lowest BCUT2D eigenvalue weighted by molar-refractivity contribution is 0.111. The number of hydrogen-bond acceptors (Lipinski definition) is 10. The number of furan rings is 3. The first kappa shape index (κ1) is 96.6. The summed E-state index contributed by atoms with van der Waals surface area (Å²) in [7, 11) is 5.98. The van der Waals surface area contributed by atoms with Crippen LogP contribution in [0.2, 0.25) is 0 Å². The normalized spacial score (nSPS) is 12.1. The molecular formula is C111H142BrN9O4. The third kappa shape index (κ3) is 21.9. The van der Waals surface area contributed by atoms with E-state index in [2.05, 4.69) is 333 Å². The zero-order valence-corrected chi connectivity index (χ0v) is 82.3. The van der Waals surface area contributed by atoms with E-state index in [1.807, 2.05) is 86.5 Å². The molecule has 14 aromatic rings.